The Labute approximate surface area is 107 Å². The van der Waals surface area contributed by atoms with Crippen molar-refractivity contribution in [2.75, 3.05) is 7.05 Å². The summed E-state index contributed by atoms with van der Waals surface area (Å²) in [5, 5.41) is 6.54. The van der Waals surface area contributed by atoms with Crippen LogP contribution >= 0.6 is 11.3 Å². The summed E-state index contributed by atoms with van der Waals surface area (Å²) in [6.07, 6.45) is 4.28. The van der Waals surface area contributed by atoms with Crippen molar-refractivity contribution in [3.8, 4) is 0 Å². The second kappa shape index (κ2) is 5.47. The number of nitrogens with one attached hydrogen (secondary N) is 1. The van der Waals surface area contributed by atoms with Gasteiger partial charge in [0.25, 0.3) is 0 Å². The minimum absolute atomic E-state index is 0.526. The fraction of sp³-hybridized carbons (Fsp3) is 0.462. The summed E-state index contributed by atoms with van der Waals surface area (Å²) in [6.45, 7) is 6.15. The Balaban J connectivity index is 2.03. The molecule has 0 atom stereocenters. The van der Waals surface area contributed by atoms with E-state index in [1.165, 1.54) is 10.6 Å². The number of aromatic nitrogens is 2. The van der Waals surface area contributed by atoms with E-state index in [0.29, 0.717) is 5.92 Å². The van der Waals surface area contributed by atoms with Gasteiger partial charge in [0.05, 0.1) is 17.2 Å². The van der Waals surface area contributed by atoms with Crippen molar-refractivity contribution in [2.24, 2.45) is 0 Å². The average molecular weight is 249 g/mol. The summed E-state index contributed by atoms with van der Waals surface area (Å²) in [4.78, 5) is 4.64. The molecule has 2 aromatic rings. The van der Waals surface area contributed by atoms with Gasteiger partial charge in [0, 0.05) is 30.2 Å². The minimum atomic E-state index is 0.526. The Hall–Kier alpha value is -1.13. The lowest BCUT2D eigenvalue weighted by Gasteiger charge is -2.00. The lowest BCUT2D eigenvalue weighted by molar-refractivity contribution is 0.758. The van der Waals surface area contributed by atoms with Crippen LogP contribution in [0.3, 0.4) is 0 Å². The van der Waals surface area contributed by atoms with Crippen LogP contribution in [-0.2, 0) is 13.1 Å². The number of thiazole rings is 1. The molecule has 0 spiro atoms. The summed E-state index contributed by atoms with van der Waals surface area (Å²) < 4.78 is 2.19. The van der Waals surface area contributed by atoms with Gasteiger partial charge >= 0.3 is 0 Å². The number of nitrogens with zero attached hydrogens (tertiary/aromatic N) is 2. The monoisotopic (exact) mass is 249 g/mol. The number of hydrogen-bond donors (Lipinski definition) is 1. The smallest absolute Gasteiger partial charge is 0.0954 e. The fourth-order valence-electron chi connectivity index (χ4n) is 1.75. The molecule has 0 saturated carbocycles. The zero-order valence-electron chi connectivity index (χ0n) is 10.6. The van der Waals surface area contributed by atoms with Crippen molar-refractivity contribution in [3.05, 3.63) is 40.1 Å². The van der Waals surface area contributed by atoms with Gasteiger partial charge in [-0.15, -0.1) is 11.3 Å². The molecule has 0 aromatic carbocycles. The molecule has 0 radical (unpaired) electrons. The predicted molar refractivity (Wildman–Crippen MR) is 72.5 cm³/mol. The van der Waals surface area contributed by atoms with Crippen LogP contribution in [-0.4, -0.2) is 16.6 Å². The zero-order valence-corrected chi connectivity index (χ0v) is 11.4. The summed E-state index contributed by atoms with van der Waals surface area (Å²) >= 11 is 1.76. The molecule has 1 N–H and O–H groups in total. The maximum Gasteiger partial charge on any atom is 0.0954 e. The zero-order chi connectivity index (χ0) is 12.3. The first-order valence-corrected chi connectivity index (χ1v) is 6.80. The number of rotatable bonds is 5. The molecular weight excluding hydrogens is 230 g/mol. The van der Waals surface area contributed by atoms with Crippen molar-refractivity contribution in [2.45, 2.75) is 32.9 Å². The quantitative estimate of drug-likeness (QED) is 0.883. The molecule has 2 heterocycles. The van der Waals surface area contributed by atoms with Crippen LogP contribution in [0.2, 0.25) is 0 Å². The lowest BCUT2D eigenvalue weighted by atomic mass is 10.2. The molecule has 0 aliphatic heterocycles. The Morgan fingerprint density at radius 2 is 2.29 bits per heavy atom. The molecule has 0 aliphatic rings. The van der Waals surface area contributed by atoms with Crippen LogP contribution < -0.4 is 5.32 Å². The van der Waals surface area contributed by atoms with Crippen LogP contribution in [0.4, 0.5) is 0 Å². The van der Waals surface area contributed by atoms with Gasteiger partial charge in [-0.1, -0.05) is 13.8 Å². The van der Waals surface area contributed by atoms with Crippen LogP contribution in [0.1, 0.15) is 36.0 Å². The van der Waals surface area contributed by atoms with Gasteiger partial charge in [-0.05, 0) is 18.7 Å². The Morgan fingerprint density at radius 1 is 1.47 bits per heavy atom. The van der Waals surface area contributed by atoms with Gasteiger partial charge in [-0.2, -0.15) is 0 Å². The maximum absolute atomic E-state index is 4.64. The topological polar surface area (TPSA) is 29.9 Å². The second-order valence-electron chi connectivity index (χ2n) is 4.55. The van der Waals surface area contributed by atoms with E-state index in [0.717, 1.165) is 18.8 Å². The van der Waals surface area contributed by atoms with E-state index in [-0.39, 0.29) is 0 Å². The van der Waals surface area contributed by atoms with E-state index in [4.69, 9.17) is 0 Å². The molecule has 0 amide bonds. The van der Waals surface area contributed by atoms with E-state index in [2.05, 4.69) is 52.6 Å². The summed E-state index contributed by atoms with van der Waals surface area (Å²) in [5.74, 6) is 0.526. The van der Waals surface area contributed by atoms with Crippen LogP contribution in [0, 0.1) is 0 Å². The van der Waals surface area contributed by atoms with E-state index in [1.54, 1.807) is 11.3 Å². The van der Waals surface area contributed by atoms with E-state index < -0.39 is 0 Å². The standard InChI is InChI=1S/C13H19N3S/c1-10(2)13-15-12(9-17-13)8-16-5-4-11(7-16)6-14-3/h4-5,7,9-10,14H,6,8H2,1-3H3. The van der Waals surface area contributed by atoms with Gasteiger partial charge in [0.2, 0.25) is 0 Å². The third kappa shape index (κ3) is 3.17. The van der Waals surface area contributed by atoms with Gasteiger partial charge in [-0.3, -0.25) is 0 Å². The highest BCUT2D eigenvalue weighted by molar-refractivity contribution is 7.09. The minimum Gasteiger partial charge on any atom is -0.348 e. The molecular formula is C13H19N3S. The van der Waals surface area contributed by atoms with Gasteiger partial charge in [-0.25, -0.2) is 4.98 Å². The molecule has 0 unspecified atom stereocenters. The van der Waals surface area contributed by atoms with Gasteiger partial charge < -0.3 is 9.88 Å². The molecule has 4 heteroatoms. The first kappa shape index (κ1) is 12.3. The lowest BCUT2D eigenvalue weighted by Crippen LogP contribution is -2.04. The molecule has 3 nitrogen and oxygen atoms in total. The average Bonchev–Trinajstić information content (AvgIpc) is 2.89. The molecule has 0 bridgehead atoms. The largest absolute Gasteiger partial charge is 0.348 e. The second-order valence-corrected chi connectivity index (χ2v) is 5.44. The normalized spacial score (nSPS) is 11.3. The first-order chi connectivity index (χ1) is 8.19. The van der Waals surface area contributed by atoms with Crippen molar-refractivity contribution >= 4 is 11.3 Å². The van der Waals surface area contributed by atoms with Crippen molar-refractivity contribution in [1.29, 1.82) is 0 Å². The van der Waals surface area contributed by atoms with Gasteiger partial charge in [0.1, 0.15) is 0 Å². The van der Waals surface area contributed by atoms with Crippen LogP contribution in [0.25, 0.3) is 0 Å². The van der Waals surface area contributed by atoms with Crippen molar-refractivity contribution < 1.29 is 0 Å². The third-order valence-corrected chi connectivity index (χ3v) is 3.79. The fourth-order valence-corrected chi connectivity index (χ4v) is 2.57. The third-order valence-electron chi connectivity index (χ3n) is 2.60. The molecule has 0 fully saturated rings. The van der Waals surface area contributed by atoms with Crippen molar-refractivity contribution in [3.63, 3.8) is 0 Å². The summed E-state index contributed by atoms with van der Waals surface area (Å²) in [5.41, 5.74) is 2.47. The number of hydrogen-bond acceptors (Lipinski definition) is 3. The van der Waals surface area contributed by atoms with E-state index in [1.807, 2.05) is 7.05 Å². The summed E-state index contributed by atoms with van der Waals surface area (Å²) in [7, 11) is 1.96. The first-order valence-electron chi connectivity index (χ1n) is 5.92. The highest BCUT2D eigenvalue weighted by Crippen LogP contribution is 2.19. The van der Waals surface area contributed by atoms with E-state index in [9.17, 15) is 0 Å². The van der Waals surface area contributed by atoms with E-state index >= 15 is 0 Å². The molecule has 0 saturated heterocycles. The molecule has 2 rings (SSSR count). The Kier molecular flexibility index (Phi) is 3.97. The van der Waals surface area contributed by atoms with Crippen LogP contribution in [0.5, 0.6) is 0 Å². The highest BCUT2D eigenvalue weighted by atomic mass is 32.1. The van der Waals surface area contributed by atoms with Crippen LogP contribution in [0.15, 0.2) is 23.8 Å². The summed E-state index contributed by atoms with van der Waals surface area (Å²) in [6, 6.07) is 2.15. The molecule has 0 aliphatic carbocycles. The maximum atomic E-state index is 4.64. The van der Waals surface area contributed by atoms with Gasteiger partial charge in [0.15, 0.2) is 0 Å². The molecule has 17 heavy (non-hydrogen) atoms. The Bertz CT molecular complexity index is 470. The predicted octanol–water partition coefficient (Wildman–Crippen LogP) is 2.84. The Morgan fingerprint density at radius 3 is 2.94 bits per heavy atom. The van der Waals surface area contributed by atoms with Crippen molar-refractivity contribution in [1.82, 2.24) is 14.9 Å². The molecule has 2 aromatic heterocycles. The SMILES string of the molecule is CNCc1ccn(Cc2csc(C(C)C)n2)c1. The molecule has 92 valence electrons. The highest BCUT2D eigenvalue weighted by Gasteiger charge is 2.06.